The van der Waals surface area contributed by atoms with Crippen LogP contribution in [0, 0.1) is 6.92 Å². The van der Waals surface area contributed by atoms with Crippen molar-refractivity contribution in [3.8, 4) is 5.75 Å². The Balaban J connectivity index is 3.14. The van der Waals surface area contributed by atoms with Crippen molar-refractivity contribution < 1.29 is 18.3 Å². The first-order chi connectivity index (χ1) is 8.97. The SMILES string of the molecule is CCCN(CCO)S(=O)(=O)c1ccc(OC)c(C)c1. The van der Waals surface area contributed by atoms with Crippen LogP contribution in [-0.4, -0.2) is 44.6 Å². The second-order valence-electron chi connectivity index (χ2n) is 4.26. The fourth-order valence-corrected chi connectivity index (χ4v) is 3.48. The van der Waals surface area contributed by atoms with Gasteiger partial charge < -0.3 is 9.84 Å². The van der Waals surface area contributed by atoms with Gasteiger partial charge >= 0.3 is 0 Å². The number of hydrogen-bond donors (Lipinski definition) is 1. The van der Waals surface area contributed by atoms with E-state index in [1.54, 1.807) is 26.2 Å². The van der Waals surface area contributed by atoms with Crippen molar-refractivity contribution >= 4 is 10.0 Å². The molecule has 108 valence electrons. The Morgan fingerprint density at radius 3 is 2.47 bits per heavy atom. The fraction of sp³-hybridized carbons (Fsp3) is 0.538. The van der Waals surface area contributed by atoms with Crippen LogP contribution in [0.1, 0.15) is 18.9 Å². The molecule has 1 rings (SSSR count). The van der Waals surface area contributed by atoms with Crippen molar-refractivity contribution in [2.45, 2.75) is 25.2 Å². The average Bonchev–Trinajstić information content (AvgIpc) is 2.38. The number of nitrogens with zero attached hydrogens (tertiary/aromatic N) is 1. The number of aliphatic hydroxyl groups is 1. The van der Waals surface area contributed by atoms with Gasteiger partial charge in [0.2, 0.25) is 10.0 Å². The molecule has 0 saturated carbocycles. The molecule has 19 heavy (non-hydrogen) atoms. The van der Waals surface area contributed by atoms with E-state index in [0.29, 0.717) is 18.7 Å². The van der Waals surface area contributed by atoms with Crippen molar-refractivity contribution in [3.05, 3.63) is 23.8 Å². The van der Waals surface area contributed by atoms with Crippen LogP contribution in [0.5, 0.6) is 5.75 Å². The molecule has 0 fully saturated rings. The smallest absolute Gasteiger partial charge is 0.243 e. The molecule has 1 aromatic rings. The molecular formula is C13H21NO4S. The highest BCUT2D eigenvalue weighted by Crippen LogP contribution is 2.23. The number of benzene rings is 1. The van der Waals surface area contributed by atoms with Crippen molar-refractivity contribution in [1.82, 2.24) is 4.31 Å². The van der Waals surface area contributed by atoms with Crippen molar-refractivity contribution in [2.24, 2.45) is 0 Å². The van der Waals surface area contributed by atoms with Crippen molar-refractivity contribution in [3.63, 3.8) is 0 Å². The monoisotopic (exact) mass is 287 g/mol. The molecule has 0 aliphatic carbocycles. The summed E-state index contributed by atoms with van der Waals surface area (Å²) in [5.41, 5.74) is 0.768. The predicted octanol–water partition coefficient (Wildman–Crippen LogP) is 1.40. The van der Waals surface area contributed by atoms with Crippen molar-refractivity contribution in [1.29, 1.82) is 0 Å². The number of aliphatic hydroxyl groups excluding tert-OH is 1. The summed E-state index contributed by atoms with van der Waals surface area (Å²) in [5, 5.41) is 8.98. The number of aryl methyl sites for hydroxylation is 1. The van der Waals surface area contributed by atoms with E-state index in [9.17, 15) is 8.42 Å². The maximum atomic E-state index is 12.4. The van der Waals surface area contributed by atoms with Gasteiger partial charge in [-0.2, -0.15) is 4.31 Å². The Kier molecular flexibility index (Phi) is 5.78. The fourth-order valence-electron chi connectivity index (χ4n) is 1.87. The van der Waals surface area contributed by atoms with Gasteiger partial charge in [-0.3, -0.25) is 0 Å². The second-order valence-corrected chi connectivity index (χ2v) is 6.20. The molecule has 0 unspecified atom stereocenters. The summed E-state index contributed by atoms with van der Waals surface area (Å²) >= 11 is 0. The maximum Gasteiger partial charge on any atom is 0.243 e. The summed E-state index contributed by atoms with van der Waals surface area (Å²) in [6.07, 6.45) is 0.703. The third-order valence-electron chi connectivity index (χ3n) is 2.83. The summed E-state index contributed by atoms with van der Waals surface area (Å²) in [6.45, 7) is 4.02. The molecule has 6 heteroatoms. The Hall–Kier alpha value is -1.11. The first-order valence-electron chi connectivity index (χ1n) is 6.23. The van der Waals surface area contributed by atoms with E-state index in [4.69, 9.17) is 9.84 Å². The average molecular weight is 287 g/mol. The molecule has 0 atom stereocenters. The minimum atomic E-state index is -3.56. The molecule has 0 aromatic heterocycles. The van der Waals surface area contributed by atoms with Gasteiger partial charge in [0.1, 0.15) is 5.75 Å². The van der Waals surface area contributed by atoms with Crippen LogP contribution in [-0.2, 0) is 10.0 Å². The van der Waals surface area contributed by atoms with Gasteiger partial charge in [-0.05, 0) is 37.1 Å². The van der Waals surface area contributed by atoms with Gasteiger partial charge in [0, 0.05) is 13.1 Å². The van der Waals surface area contributed by atoms with Gasteiger partial charge in [-0.15, -0.1) is 0 Å². The number of rotatable bonds is 7. The van der Waals surface area contributed by atoms with E-state index in [-0.39, 0.29) is 18.0 Å². The molecule has 0 saturated heterocycles. The lowest BCUT2D eigenvalue weighted by molar-refractivity contribution is 0.253. The third kappa shape index (κ3) is 3.68. The number of hydrogen-bond acceptors (Lipinski definition) is 4. The topological polar surface area (TPSA) is 66.8 Å². The second kappa shape index (κ2) is 6.88. The van der Waals surface area contributed by atoms with Crippen LogP contribution in [0.3, 0.4) is 0 Å². The lowest BCUT2D eigenvalue weighted by atomic mass is 10.2. The summed E-state index contributed by atoms with van der Waals surface area (Å²) in [7, 11) is -2.01. The van der Waals surface area contributed by atoms with E-state index in [0.717, 1.165) is 5.56 Å². The lowest BCUT2D eigenvalue weighted by Crippen LogP contribution is -2.34. The molecule has 0 radical (unpaired) electrons. The molecular weight excluding hydrogens is 266 g/mol. The van der Waals surface area contributed by atoms with Gasteiger partial charge in [-0.25, -0.2) is 8.42 Å². The van der Waals surface area contributed by atoms with Gasteiger partial charge in [0.25, 0.3) is 0 Å². The van der Waals surface area contributed by atoms with Crippen LogP contribution in [0.2, 0.25) is 0 Å². The predicted molar refractivity (Wildman–Crippen MR) is 73.9 cm³/mol. The van der Waals surface area contributed by atoms with Gasteiger partial charge in [0.15, 0.2) is 0 Å². The molecule has 0 spiro atoms. The minimum absolute atomic E-state index is 0.112. The van der Waals surface area contributed by atoms with Crippen LogP contribution < -0.4 is 4.74 Å². The normalized spacial score (nSPS) is 11.8. The highest BCUT2D eigenvalue weighted by molar-refractivity contribution is 7.89. The van der Waals surface area contributed by atoms with E-state index in [2.05, 4.69) is 0 Å². The summed E-state index contributed by atoms with van der Waals surface area (Å²) in [6, 6.07) is 4.76. The molecule has 0 bridgehead atoms. The van der Waals surface area contributed by atoms with Crippen LogP contribution in [0.4, 0.5) is 0 Å². The van der Waals surface area contributed by atoms with E-state index in [1.165, 1.54) is 10.4 Å². The van der Waals surface area contributed by atoms with Gasteiger partial charge in [-0.1, -0.05) is 6.92 Å². The van der Waals surface area contributed by atoms with E-state index >= 15 is 0 Å². The molecule has 0 aliphatic rings. The van der Waals surface area contributed by atoms with Crippen LogP contribution in [0.15, 0.2) is 23.1 Å². The number of methoxy groups -OCH3 is 1. The lowest BCUT2D eigenvalue weighted by Gasteiger charge is -2.21. The first kappa shape index (κ1) is 15.9. The zero-order chi connectivity index (χ0) is 14.5. The molecule has 1 aromatic carbocycles. The largest absolute Gasteiger partial charge is 0.496 e. The molecule has 0 aliphatic heterocycles. The third-order valence-corrected chi connectivity index (χ3v) is 4.72. The Morgan fingerprint density at radius 1 is 1.32 bits per heavy atom. The number of ether oxygens (including phenoxy) is 1. The van der Waals surface area contributed by atoms with E-state index < -0.39 is 10.0 Å². The summed E-state index contributed by atoms with van der Waals surface area (Å²) in [5.74, 6) is 0.656. The standard InChI is InChI=1S/C13H21NO4S/c1-4-7-14(8-9-15)19(16,17)12-5-6-13(18-3)11(2)10-12/h5-6,10,15H,4,7-9H2,1-3H3. The molecule has 0 heterocycles. The molecule has 0 amide bonds. The van der Waals surface area contributed by atoms with Crippen molar-refractivity contribution in [2.75, 3.05) is 26.8 Å². The summed E-state index contributed by atoms with van der Waals surface area (Å²) < 4.78 is 31.3. The summed E-state index contributed by atoms with van der Waals surface area (Å²) in [4.78, 5) is 0.229. The Labute approximate surface area is 114 Å². The highest BCUT2D eigenvalue weighted by Gasteiger charge is 2.23. The van der Waals surface area contributed by atoms with E-state index in [1.807, 2.05) is 6.92 Å². The highest BCUT2D eigenvalue weighted by atomic mass is 32.2. The Morgan fingerprint density at radius 2 is 2.00 bits per heavy atom. The zero-order valence-electron chi connectivity index (χ0n) is 11.6. The van der Waals surface area contributed by atoms with Gasteiger partial charge in [0.05, 0.1) is 18.6 Å². The maximum absolute atomic E-state index is 12.4. The van der Waals surface area contributed by atoms with Crippen LogP contribution >= 0.6 is 0 Å². The zero-order valence-corrected chi connectivity index (χ0v) is 12.4. The number of sulfonamides is 1. The van der Waals surface area contributed by atoms with Crippen LogP contribution in [0.25, 0.3) is 0 Å². The molecule has 1 N–H and O–H groups in total. The first-order valence-corrected chi connectivity index (χ1v) is 7.67. The Bertz CT molecular complexity index is 507. The molecule has 5 nitrogen and oxygen atoms in total. The minimum Gasteiger partial charge on any atom is -0.496 e. The quantitative estimate of drug-likeness (QED) is 0.823.